The number of benzene rings is 1. The molecule has 5 atom stereocenters. The van der Waals surface area contributed by atoms with Gasteiger partial charge in [-0.15, -0.1) is 5.10 Å². The zero-order valence-electron chi connectivity index (χ0n) is 15.7. The second-order valence-corrected chi connectivity index (χ2v) is 8.01. The van der Waals surface area contributed by atoms with E-state index in [4.69, 9.17) is 4.74 Å². The first kappa shape index (κ1) is 21.7. The molecule has 0 spiro atoms. The number of aliphatic hydroxyl groups excluding tert-OH is 3. The third-order valence-electron chi connectivity index (χ3n) is 4.85. The lowest BCUT2D eigenvalue weighted by Crippen LogP contribution is -2.55. The summed E-state index contributed by atoms with van der Waals surface area (Å²) in [6.07, 6.45) is 0.728. The van der Waals surface area contributed by atoms with Crippen LogP contribution in [0.4, 0.5) is 13.2 Å². The second-order valence-electron chi connectivity index (χ2n) is 6.84. The van der Waals surface area contributed by atoms with E-state index in [0.29, 0.717) is 0 Å². The lowest BCUT2D eigenvalue weighted by atomic mass is 9.97. The highest BCUT2D eigenvalue weighted by molar-refractivity contribution is 7.99. The number of rotatable bonds is 5. The van der Waals surface area contributed by atoms with Crippen LogP contribution in [0.1, 0.15) is 6.04 Å². The van der Waals surface area contributed by atoms with E-state index in [1.54, 1.807) is 24.5 Å². The molecular formula is C19H17F3N4O4S. The smallest absolute Gasteiger partial charge is 0.194 e. The van der Waals surface area contributed by atoms with Crippen molar-refractivity contribution in [1.29, 1.82) is 0 Å². The van der Waals surface area contributed by atoms with Gasteiger partial charge in [0, 0.05) is 22.9 Å². The molecule has 12 heteroatoms. The summed E-state index contributed by atoms with van der Waals surface area (Å²) in [6.45, 7) is -0.520. The molecule has 2 aromatic heterocycles. The van der Waals surface area contributed by atoms with Gasteiger partial charge >= 0.3 is 0 Å². The third kappa shape index (κ3) is 4.29. The highest BCUT2D eigenvalue weighted by Gasteiger charge is 2.46. The summed E-state index contributed by atoms with van der Waals surface area (Å²) in [6, 6.07) is 3.87. The Hall–Kier alpha value is -2.51. The standard InChI is InChI=1S/C19H17F3N4O4S/c20-11-5-9(6-12(21)15(11)22)13-7-26(25-24-13)16-17(28)14(8-27)30-19(18(16)29)31-10-1-3-23-4-2-10/h1-7,14,16-19,27-29H,8H2. The molecule has 8 nitrogen and oxygen atoms in total. The minimum absolute atomic E-state index is 0.00239. The van der Waals surface area contributed by atoms with Crippen LogP contribution >= 0.6 is 11.8 Å². The van der Waals surface area contributed by atoms with Crippen molar-refractivity contribution in [2.75, 3.05) is 6.61 Å². The molecule has 31 heavy (non-hydrogen) atoms. The molecule has 0 radical (unpaired) electrons. The summed E-state index contributed by atoms with van der Waals surface area (Å²) in [7, 11) is 0. The van der Waals surface area contributed by atoms with Crippen molar-refractivity contribution in [2.45, 2.75) is 34.7 Å². The molecule has 1 aliphatic heterocycles. The second kappa shape index (κ2) is 8.93. The molecule has 1 fully saturated rings. The highest BCUT2D eigenvalue weighted by atomic mass is 32.2. The average molecular weight is 454 g/mol. The van der Waals surface area contributed by atoms with Crippen molar-refractivity contribution in [2.24, 2.45) is 0 Å². The predicted molar refractivity (Wildman–Crippen MR) is 102 cm³/mol. The first-order valence-electron chi connectivity index (χ1n) is 9.15. The van der Waals surface area contributed by atoms with E-state index in [2.05, 4.69) is 15.3 Å². The van der Waals surface area contributed by atoms with Crippen LogP contribution in [0.2, 0.25) is 0 Å². The summed E-state index contributed by atoms with van der Waals surface area (Å²) in [5, 5.41) is 38.8. The molecule has 3 heterocycles. The summed E-state index contributed by atoms with van der Waals surface area (Å²) in [4.78, 5) is 4.65. The minimum Gasteiger partial charge on any atom is -0.394 e. The molecule has 4 rings (SSSR count). The normalized spacial score (nSPS) is 26.2. The van der Waals surface area contributed by atoms with Crippen LogP contribution in [0.3, 0.4) is 0 Å². The van der Waals surface area contributed by atoms with Crippen LogP contribution in [0.5, 0.6) is 0 Å². The van der Waals surface area contributed by atoms with E-state index in [9.17, 15) is 28.5 Å². The Labute approximate surface area is 178 Å². The van der Waals surface area contributed by atoms with Crippen molar-refractivity contribution in [3.8, 4) is 11.3 Å². The number of pyridine rings is 1. The van der Waals surface area contributed by atoms with E-state index < -0.39 is 53.8 Å². The Morgan fingerprint density at radius 1 is 1.06 bits per heavy atom. The van der Waals surface area contributed by atoms with Gasteiger partial charge in [-0.2, -0.15) is 0 Å². The topological polar surface area (TPSA) is 114 Å². The summed E-state index contributed by atoms with van der Waals surface area (Å²) >= 11 is 1.16. The maximum atomic E-state index is 13.6. The lowest BCUT2D eigenvalue weighted by Gasteiger charge is -2.41. The zero-order valence-corrected chi connectivity index (χ0v) is 16.5. The van der Waals surface area contributed by atoms with Gasteiger partial charge in [0.25, 0.3) is 0 Å². The quantitative estimate of drug-likeness (QED) is 0.498. The van der Waals surface area contributed by atoms with E-state index >= 15 is 0 Å². The van der Waals surface area contributed by atoms with Gasteiger partial charge in [0.05, 0.1) is 12.8 Å². The molecule has 0 amide bonds. The van der Waals surface area contributed by atoms with E-state index in [1.807, 2.05) is 0 Å². The lowest BCUT2D eigenvalue weighted by molar-refractivity contribution is -0.178. The predicted octanol–water partition coefficient (Wildman–Crippen LogP) is 1.53. The van der Waals surface area contributed by atoms with Gasteiger partial charge in [-0.1, -0.05) is 17.0 Å². The number of ether oxygens (including phenoxy) is 1. The van der Waals surface area contributed by atoms with Crippen molar-refractivity contribution in [1.82, 2.24) is 20.0 Å². The zero-order chi connectivity index (χ0) is 22.1. The molecule has 5 unspecified atom stereocenters. The van der Waals surface area contributed by atoms with Crippen molar-refractivity contribution in [3.63, 3.8) is 0 Å². The first-order valence-corrected chi connectivity index (χ1v) is 10.0. The van der Waals surface area contributed by atoms with Crippen LogP contribution in [-0.2, 0) is 4.74 Å². The number of aromatic nitrogens is 4. The van der Waals surface area contributed by atoms with Crippen LogP contribution in [0.25, 0.3) is 11.3 Å². The molecule has 3 N–H and O–H groups in total. The van der Waals surface area contributed by atoms with Crippen molar-refractivity contribution >= 4 is 11.8 Å². The molecule has 0 saturated carbocycles. The van der Waals surface area contributed by atoms with E-state index in [1.165, 1.54) is 6.20 Å². The van der Waals surface area contributed by atoms with Gasteiger partial charge < -0.3 is 20.1 Å². The van der Waals surface area contributed by atoms with Crippen LogP contribution < -0.4 is 0 Å². The van der Waals surface area contributed by atoms with Gasteiger partial charge in [-0.05, 0) is 24.3 Å². The van der Waals surface area contributed by atoms with Crippen LogP contribution in [0.15, 0.2) is 47.8 Å². The molecular weight excluding hydrogens is 437 g/mol. The molecule has 1 aliphatic rings. The molecule has 164 valence electrons. The highest BCUT2D eigenvalue weighted by Crippen LogP contribution is 2.38. The maximum absolute atomic E-state index is 13.6. The number of aliphatic hydroxyl groups is 3. The Bertz CT molecular complexity index is 1030. The average Bonchev–Trinajstić information content (AvgIpc) is 3.24. The maximum Gasteiger partial charge on any atom is 0.194 e. The molecule has 3 aromatic rings. The molecule has 1 aromatic carbocycles. The molecule has 1 saturated heterocycles. The number of halogens is 3. The Morgan fingerprint density at radius 2 is 1.74 bits per heavy atom. The fourth-order valence-electron chi connectivity index (χ4n) is 3.29. The summed E-state index contributed by atoms with van der Waals surface area (Å²) < 4.78 is 47.1. The number of thioether (sulfide) groups is 1. The van der Waals surface area contributed by atoms with Crippen molar-refractivity contribution < 1.29 is 33.2 Å². The monoisotopic (exact) mass is 454 g/mol. The minimum atomic E-state index is -1.60. The van der Waals surface area contributed by atoms with Gasteiger partial charge in [-0.25, -0.2) is 17.9 Å². The Morgan fingerprint density at radius 3 is 2.39 bits per heavy atom. The largest absolute Gasteiger partial charge is 0.394 e. The van der Waals surface area contributed by atoms with Gasteiger partial charge in [-0.3, -0.25) is 4.98 Å². The van der Waals surface area contributed by atoms with Gasteiger partial charge in [0.1, 0.15) is 35.5 Å². The fourth-order valence-corrected chi connectivity index (χ4v) is 4.33. The fraction of sp³-hybridized carbons (Fsp3) is 0.316. The summed E-state index contributed by atoms with van der Waals surface area (Å²) in [5.74, 6) is -4.37. The number of hydrogen-bond donors (Lipinski definition) is 3. The van der Waals surface area contributed by atoms with Gasteiger partial charge in [0.15, 0.2) is 17.5 Å². The SMILES string of the molecule is OCC1OC(Sc2ccncc2)C(O)C(n2cc(-c3cc(F)c(F)c(F)c3)nn2)C1O. The molecule has 0 aliphatic carbocycles. The molecule has 0 bridgehead atoms. The number of hydrogen-bond acceptors (Lipinski definition) is 8. The van der Waals surface area contributed by atoms with E-state index in [-0.39, 0.29) is 11.3 Å². The number of nitrogens with zero attached hydrogens (tertiary/aromatic N) is 4. The van der Waals surface area contributed by atoms with Gasteiger partial charge in [0.2, 0.25) is 0 Å². The van der Waals surface area contributed by atoms with E-state index in [0.717, 1.165) is 33.5 Å². The van der Waals surface area contributed by atoms with Crippen molar-refractivity contribution in [3.05, 3.63) is 60.3 Å². The first-order chi connectivity index (χ1) is 14.9. The Balaban J connectivity index is 1.64. The Kier molecular flexibility index (Phi) is 6.25. The van der Waals surface area contributed by atoms with Crippen LogP contribution in [0, 0.1) is 17.5 Å². The third-order valence-corrected chi connectivity index (χ3v) is 6.01. The van der Waals surface area contributed by atoms with Crippen LogP contribution in [-0.4, -0.2) is 65.7 Å². The summed E-state index contributed by atoms with van der Waals surface area (Å²) in [5.41, 5.74) is -0.941.